The maximum Gasteiger partial charge on any atom is 0.255 e. The third-order valence-corrected chi connectivity index (χ3v) is 3.25. The van der Waals surface area contributed by atoms with Crippen molar-refractivity contribution in [2.45, 2.75) is 6.54 Å². The van der Waals surface area contributed by atoms with Gasteiger partial charge in [0.2, 0.25) is 5.88 Å². The number of hydrogen-bond donors (Lipinski definition) is 3. The number of ether oxygens (including phenoxy) is 1. The first-order valence-electron chi connectivity index (χ1n) is 5.39. The van der Waals surface area contributed by atoms with Gasteiger partial charge in [0.05, 0.1) is 7.11 Å². The fourth-order valence-electron chi connectivity index (χ4n) is 1.52. The molecule has 19 heavy (non-hydrogen) atoms. The zero-order chi connectivity index (χ0) is 13.8. The molecule has 8 heteroatoms. The van der Waals surface area contributed by atoms with Crippen molar-refractivity contribution in [1.82, 2.24) is 9.36 Å². The smallest absolute Gasteiger partial charge is 0.255 e. The van der Waals surface area contributed by atoms with Crippen LogP contribution in [0.2, 0.25) is 0 Å². The Hall–Kier alpha value is -2.35. The molecule has 0 bridgehead atoms. The molecule has 0 fully saturated rings. The van der Waals surface area contributed by atoms with Crippen LogP contribution in [0.15, 0.2) is 18.3 Å². The number of nitrogens with one attached hydrogen (secondary N) is 1. The van der Waals surface area contributed by atoms with Crippen molar-refractivity contribution < 1.29 is 9.53 Å². The van der Waals surface area contributed by atoms with Crippen molar-refractivity contribution in [3.8, 4) is 5.88 Å². The van der Waals surface area contributed by atoms with Gasteiger partial charge in [0.1, 0.15) is 10.6 Å². The molecule has 0 aromatic carbocycles. The maximum atomic E-state index is 11.3. The van der Waals surface area contributed by atoms with Gasteiger partial charge in [-0.15, -0.1) is 0 Å². The molecule has 0 aliphatic heterocycles. The summed E-state index contributed by atoms with van der Waals surface area (Å²) in [4.78, 5) is 15.3. The van der Waals surface area contributed by atoms with Crippen molar-refractivity contribution in [3.63, 3.8) is 0 Å². The lowest BCUT2D eigenvalue weighted by molar-refractivity contribution is 0.100. The third-order valence-electron chi connectivity index (χ3n) is 2.43. The monoisotopic (exact) mass is 279 g/mol. The molecule has 0 atom stereocenters. The molecule has 5 N–H and O–H groups in total. The van der Waals surface area contributed by atoms with E-state index in [1.807, 2.05) is 6.07 Å². The molecule has 0 saturated carbocycles. The molecule has 2 aromatic heterocycles. The van der Waals surface area contributed by atoms with Gasteiger partial charge in [-0.2, -0.15) is 4.37 Å². The molecule has 0 spiro atoms. The number of nitrogen functional groups attached to an aromatic ring is 1. The first-order chi connectivity index (χ1) is 9.11. The second-order valence-corrected chi connectivity index (χ2v) is 4.47. The summed E-state index contributed by atoms with van der Waals surface area (Å²) in [6, 6.07) is 3.63. The number of nitrogens with two attached hydrogens (primary N) is 2. The number of nitrogens with zero attached hydrogens (tertiary/aromatic N) is 2. The summed E-state index contributed by atoms with van der Waals surface area (Å²) in [5.74, 6) is 0.0756. The summed E-state index contributed by atoms with van der Waals surface area (Å²) >= 11 is 1.10. The molecule has 0 radical (unpaired) electrons. The van der Waals surface area contributed by atoms with Gasteiger partial charge in [-0.1, -0.05) is 0 Å². The van der Waals surface area contributed by atoms with E-state index in [-0.39, 0.29) is 11.4 Å². The average Bonchev–Trinajstić information content (AvgIpc) is 2.78. The highest BCUT2D eigenvalue weighted by atomic mass is 32.1. The van der Waals surface area contributed by atoms with Crippen LogP contribution in [0.1, 0.15) is 15.9 Å². The second kappa shape index (κ2) is 5.53. The summed E-state index contributed by atoms with van der Waals surface area (Å²) in [6.45, 7) is 0.487. The van der Waals surface area contributed by atoms with Gasteiger partial charge in [0.15, 0.2) is 5.82 Å². The Morgan fingerprint density at radius 3 is 3.05 bits per heavy atom. The van der Waals surface area contributed by atoms with Gasteiger partial charge in [-0.05, 0) is 23.2 Å². The predicted molar refractivity (Wildman–Crippen MR) is 73.2 cm³/mol. The molecular formula is C11H13N5O2S. The molecule has 2 rings (SSSR count). The molecule has 0 aliphatic carbocycles. The standard InChI is InChI=1S/C11H13N5O2S/c1-18-7-4-6(2-3-14-7)5-15-11-8(10(13)17)9(12)16-19-11/h2-4,15H,5H2,1H3,(H2,12,16)(H2,13,17). The number of amides is 1. The van der Waals surface area contributed by atoms with E-state index >= 15 is 0 Å². The Balaban J connectivity index is 2.12. The fraction of sp³-hybridized carbons (Fsp3) is 0.182. The van der Waals surface area contributed by atoms with Crippen LogP contribution in [0.4, 0.5) is 10.8 Å². The summed E-state index contributed by atoms with van der Waals surface area (Å²) in [7, 11) is 1.55. The molecule has 1 amide bonds. The van der Waals surface area contributed by atoms with Crippen molar-refractivity contribution in [2.75, 3.05) is 18.2 Å². The van der Waals surface area contributed by atoms with Crippen LogP contribution < -0.4 is 21.5 Å². The van der Waals surface area contributed by atoms with Gasteiger partial charge < -0.3 is 21.5 Å². The van der Waals surface area contributed by atoms with E-state index in [1.165, 1.54) is 0 Å². The van der Waals surface area contributed by atoms with Gasteiger partial charge in [-0.3, -0.25) is 4.79 Å². The lowest BCUT2D eigenvalue weighted by Gasteiger charge is -2.06. The minimum atomic E-state index is -0.596. The fourth-order valence-corrected chi connectivity index (χ4v) is 2.23. The van der Waals surface area contributed by atoms with E-state index in [9.17, 15) is 4.79 Å². The second-order valence-electron chi connectivity index (χ2n) is 3.70. The number of carbonyl (C=O) groups excluding carboxylic acids is 1. The normalized spacial score (nSPS) is 10.2. The minimum Gasteiger partial charge on any atom is -0.481 e. The molecule has 2 aromatic rings. The van der Waals surface area contributed by atoms with Gasteiger partial charge >= 0.3 is 0 Å². The Kier molecular flexibility index (Phi) is 3.81. The van der Waals surface area contributed by atoms with E-state index in [4.69, 9.17) is 16.2 Å². The number of aromatic nitrogens is 2. The summed E-state index contributed by atoms with van der Waals surface area (Å²) in [5, 5.41) is 3.63. The van der Waals surface area contributed by atoms with Crippen LogP contribution in [0.25, 0.3) is 0 Å². The molecule has 0 saturated heterocycles. The quantitative estimate of drug-likeness (QED) is 0.746. The highest BCUT2D eigenvalue weighted by Crippen LogP contribution is 2.26. The van der Waals surface area contributed by atoms with Crippen molar-refractivity contribution >= 4 is 28.3 Å². The Bertz CT molecular complexity index is 599. The third kappa shape index (κ3) is 2.91. The molecule has 0 unspecified atom stereocenters. The molecule has 100 valence electrons. The molecule has 7 nitrogen and oxygen atoms in total. The van der Waals surface area contributed by atoms with Crippen LogP contribution in [0, 0.1) is 0 Å². The minimum absolute atomic E-state index is 0.146. The number of anilines is 2. The zero-order valence-corrected chi connectivity index (χ0v) is 11.0. The highest BCUT2D eigenvalue weighted by Gasteiger charge is 2.16. The Labute approximate surface area is 113 Å². The summed E-state index contributed by atoms with van der Waals surface area (Å²) < 4.78 is 8.93. The van der Waals surface area contributed by atoms with Crippen molar-refractivity contribution in [3.05, 3.63) is 29.5 Å². The van der Waals surface area contributed by atoms with E-state index in [2.05, 4.69) is 14.7 Å². The van der Waals surface area contributed by atoms with E-state index in [0.29, 0.717) is 17.4 Å². The summed E-state index contributed by atoms with van der Waals surface area (Å²) in [5.41, 5.74) is 12.0. The van der Waals surface area contributed by atoms with Crippen LogP contribution in [-0.2, 0) is 6.54 Å². The zero-order valence-electron chi connectivity index (χ0n) is 10.2. The van der Waals surface area contributed by atoms with Crippen LogP contribution >= 0.6 is 11.5 Å². The number of primary amides is 1. The van der Waals surface area contributed by atoms with E-state index < -0.39 is 5.91 Å². The van der Waals surface area contributed by atoms with Crippen molar-refractivity contribution in [1.29, 1.82) is 0 Å². The summed E-state index contributed by atoms with van der Waals surface area (Å²) in [6.07, 6.45) is 1.64. The number of rotatable bonds is 5. The largest absolute Gasteiger partial charge is 0.481 e. The predicted octanol–water partition coefficient (Wildman–Crippen LogP) is 0.840. The van der Waals surface area contributed by atoms with Gasteiger partial charge in [0.25, 0.3) is 5.91 Å². The molecule has 2 heterocycles. The van der Waals surface area contributed by atoms with Gasteiger partial charge in [0, 0.05) is 18.8 Å². The lowest BCUT2D eigenvalue weighted by atomic mass is 10.2. The SMILES string of the molecule is COc1cc(CNc2snc(N)c2C(N)=O)ccn1. The van der Waals surface area contributed by atoms with Crippen LogP contribution in [0.5, 0.6) is 5.88 Å². The number of carbonyl (C=O) groups is 1. The highest BCUT2D eigenvalue weighted by molar-refractivity contribution is 7.11. The maximum absolute atomic E-state index is 11.3. The van der Waals surface area contributed by atoms with Gasteiger partial charge in [-0.25, -0.2) is 4.98 Å². The Morgan fingerprint density at radius 1 is 1.58 bits per heavy atom. The Morgan fingerprint density at radius 2 is 2.37 bits per heavy atom. The molecular weight excluding hydrogens is 266 g/mol. The molecule has 0 aliphatic rings. The number of methoxy groups -OCH3 is 1. The van der Waals surface area contributed by atoms with Crippen LogP contribution in [-0.4, -0.2) is 22.4 Å². The number of hydrogen-bond acceptors (Lipinski definition) is 7. The number of pyridine rings is 1. The first kappa shape index (κ1) is 13.1. The topological polar surface area (TPSA) is 116 Å². The van der Waals surface area contributed by atoms with E-state index in [0.717, 1.165) is 17.1 Å². The average molecular weight is 279 g/mol. The lowest BCUT2D eigenvalue weighted by Crippen LogP contribution is -2.14. The van der Waals surface area contributed by atoms with Crippen LogP contribution in [0.3, 0.4) is 0 Å². The first-order valence-corrected chi connectivity index (χ1v) is 6.17. The van der Waals surface area contributed by atoms with E-state index in [1.54, 1.807) is 19.4 Å². The van der Waals surface area contributed by atoms with Crippen molar-refractivity contribution in [2.24, 2.45) is 5.73 Å².